The molecule has 5 unspecified atom stereocenters. The van der Waals surface area contributed by atoms with Crippen LogP contribution in [0.15, 0.2) is 12.2 Å². The van der Waals surface area contributed by atoms with Crippen molar-refractivity contribution in [1.82, 2.24) is 0 Å². The van der Waals surface area contributed by atoms with E-state index in [0.717, 1.165) is 19.3 Å². The third-order valence-corrected chi connectivity index (χ3v) is 4.79. The first kappa shape index (κ1) is 14.0. The van der Waals surface area contributed by atoms with Crippen LogP contribution < -0.4 is 0 Å². The summed E-state index contributed by atoms with van der Waals surface area (Å²) in [6.07, 6.45) is 7.68. The second-order valence-corrected chi connectivity index (χ2v) is 6.31. The molecule has 0 spiro atoms. The molecule has 0 radical (unpaired) electrons. The van der Waals surface area contributed by atoms with E-state index in [2.05, 4.69) is 26.8 Å². The first-order chi connectivity index (χ1) is 8.53. The fraction of sp³-hybridized carbons (Fsp3) is 0.875. The average Bonchev–Trinajstić information content (AvgIpc) is 3.08. The van der Waals surface area contributed by atoms with Crippen LogP contribution in [0.4, 0.5) is 4.39 Å². The summed E-state index contributed by atoms with van der Waals surface area (Å²) in [4.78, 5) is 0. The van der Waals surface area contributed by atoms with Crippen LogP contribution in [-0.4, -0.2) is 17.9 Å². The molecule has 2 aliphatic rings. The van der Waals surface area contributed by atoms with Crippen molar-refractivity contribution in [2.45, 2.75) is 71.3 Å². The third-order valence-electron chi connectivity index (χ3n) is 4.79. The van der Waals surface area contributed by atoms with Crippen LogP contribution in [0.1, 0.15) is 53.4 Å². The Balaban J connectivity index is 1.98. The minimum absolute atomic E-state index is 0.00450. The summed E-state index contributed by atoms with van der Waals surface area (Å²) < 4.78 is 20.6. The summed E-state index contributed by atoms with van der Waals surface area (Å²) in [6.45, 7) is 8.57. The molecule has 0 amide bonds. The van der Waals surface area contributed by atoms with Gasteiger partial charge in [0.25, 0.3) is 0 Å². The van der Waals surface area contributed by atoms with E-state index in [1.165, 1.54) is 6.42 Å². The van der Waals surface area contributed by atoms with E-state index in [1.807, 2.05) is 13.0 Å². The van der Waals surface area contributed by atoms with Gasteiger partial charge in [0.1, 0.15) is 11.8 Å². The van der Waals surface area contributed by atoms with Crippen LogP contribution in [0.5, 0.6) is 0 Å². The predicted octanol–water partition coefficient (Wildman–Crippen LogP) is 4.52. The van der Waals surface area contributed by atoms with Crippen LogP contribution in [0.2, 0.25) is 0 Å². The third kappa shape index (κ3) is 2.49. The standard InChI is InChI=1S/C16H27FO/c1-5-11(3)9-14(6-2)18-16-10-13(16)8-7-12(4)15(16)17/h7-8,11-15H,5-6,9-10H2,1-4H3/t11-,12?,13?,14?,15?,16?/m1/s1. The van der Waals surface area contributed by atoms with Crippen molar-refractivity contribution in [3.63, 3.8) is 0 Å². The Bertz CT molecular complexity index is 314. The van der Waals surface area contributed by atoms with Gasteiger partial charge in [0.15, 0.2) is 0 Å². The number of hydrogen-bond acceptors (Lipinski definition) is 1. The number of ether oxygens (including phenoxy) is 1. The van der Waals surface area contributed by atoms with Gasteiger partial charge >= 0.3 is 0 Å². The fourth-order valence-electron chi connectivity index (χ4n) is 3.11. The van der Waals surface area contributed by atoms with Crippen LogP contribution >= 0.6 is 0 Å². The van der Waals surface area contributed by atoms with Gasteiger partial charge in [-0.05, 0) is 25.2 Å². The highest BCUT2D eigenvalue weighted by atomic mass is 19.1. The van der Waals surface area contributed by atoms with Gasteiger partial charge in [-0.25, -0.2) is 4.39 Å². The van der Waals surface area contributed by atoms with Crippen LogP contribution in [0.25, 0.3) is 0 Å². The largest absolute Gasteiger partial charge is 0.368 e. The van der Waals surface area contributed by atoms with E-state index in [0.29, 0.717) is 11.8 Å². The lowest BCUT2D eigenvalue weighted by Gasteiger charge is -2.32. The zero-order chi connectivity index (χ0) is 13.3. The zero-order valence-corrected chi connectivity index (χ0v) is 12.2. The van der Waals surface area contributed by atoms with E-state index in [4.69, 9.17) is 4.74 Å². The molecule has 1 fully saturated rings. The lowest BCUT2D eigenvalue weighted by molar-refractivity contribution is -0.0957. The second kappa shape index (κ2) is 5.32. The number of halogens is 1. The number of fused-ring (bicyclic) bond motifs is 1. The summed E-state index contributed by atoms with van der Waals surface area (Å²) in [5.41, 5.74) is -0.470. The minimum atomic E-state index is -0.821. The second-order valence-electron chi connectivity index (χ2n) is 6.31. The highest BCUT2D eigenvalue weighted by molar-refractivity contribution is 5.25. The smallest absolute Gasteiger partial charge is 0.135 e. The Morgan fingerprint density at radius 3 is 2.67 bits per heavy atom. The van der Waals surface area contributed by atoms with Gasteiger partial charge in [-0.2, -0.15) is 0 Å². The lowest BCUT2D eigenvalue weighted by Crippen LogP contribution is -2.39. The Morgan fingerprint density at radius 1 is 1.33 bits per heavy atom. The molecule has 2 aliphatic carbocycles. The molecule has 0 aromatic rings. The maximum atomic E-state index is 14.4. The molecule has 0 saturated heterocycles. The highest BCUT2D eigenvalue weighted by Crippen LogP contribution is 2.57. The Kier molecular flexibility index (Phi) is 4.15. The topological polar surface area (TPSA) is 9.23 Å². The van der Waals surface area contributed by atoms with E-state index >= 15 is 0 Å². The molecular weight excluding hydrogens is 227 g/mol. The van der Waals surface area contributed by atoms with Gasteiger partial charge in [0.2, 0.25) is 0 Å². The maximum absolute atomic E-state index is 14.4. The molecule has 104 valence electrons. The van der Waals surface area contributed by atoms with Crippen molar-refractivity contribution in [3.05, 3.63) is 12.2 Å². The fourth-order valence-corrected chi connectivity index (χ4v) is 3.11. The number of hydrogen-bond donors (Lipinski definition) is 0. The van der Waals surface area contributed by atoms with E-state index in [9.17, 15) is 4.39 Å². The van der Waals surface area contributed by atoms with Crippen molar-refractivity contribution in [1.29, 1.82) is 0 Å². The summed E-state index contributed by atoms with van der Waals surface area (Å²) in [7, 11) is 0. The van der Waals surface area contributed by atoms with Gasteiger partial charge < -0.3 is 4.74 Å². The van der Waals surface area contributed by atoms with Gasteiger partial charge in [-0.1, -0.05) is 46.3 Å². The first-order valence-electron chi connectivity index (χ1n) is 7.53. The average molecular weight is 254 g/mol. The number of alkyl halides is 1. The molecule has 0 aromatic heterocycles. The predicted molar refractivity (Wildman–Crippen MR) is 73.3 cm³/mol. The normalized spacial score (nSPS) is 41.3. The van der Waals surface area contributed by atoms with Gasteiger partial charge in [-0.15, -0.1) is 0 Å². The maximum Gasteiger partial charge on any atom is 0.135 e. The molecule has 2 heteroatoms. The van der Waals surface area contributed by atoms with Crippen LogP contribution in [-0.2, 0) is 4.74 Å². The SMILES string of the molecule is CCC(C[C@H](C)CC)OC12CC1C=CC(C)C2F. The molecule has 1 saturated carbocycles. The summed E-state index contributed by atoms with van der Waals surface area (Å²) >= 11 is 0. The molecule has 6 atom stereocenters. The molecule has 1 nitrogen and oxygen atoms in total. The Morgan fingerprint density at radius 2 is 2.06 bits per heavy atom. The summed E-state index contributed by atoms with van der Waals surface area (Å²) in [5, 5.41) is 0. The quantitative estimate of drug-likeness (QED) is 0.633. The summed E-state index contributed by atoms with van der Waals surface area (Å²) in [5.74, 6) is 0.998. The molecule has 0 N–H and O–H groups in total. The van der Waals surface area contributed by atoms with Crippen LogP contribution in [0, 0.1) is 17.8 Å². The highest BCUT2D eigenvalue weighted by Gasteiger charge is 2.63. The molecule has 0 aliphatic heterocycles. The van der Waals surface area contributed by atoms with E-state index < -0.39 is 11.8 Å². The van der Waals surface area contributed by atoms with Crippen molar-refractivity contribution in [2.75, 3.05) is 0 Å². The molecule has 0 aromatic carbocycles. The van der Waals surface area contributed by atoms with Gasteiger partial charge in [0.05, 0.1) is 6.10 Å². The van der Waals surface area contributed by atoms with Crippen LogP contribution in [0.3, 0.4) is 0 Å². The Labute approximate surface area is 111 Å². The van der Waals surface area contributed by atoms with E-state index in [-0.39, 0.29) is 12.0 Å². The molecule has 0 bridgehead atoms. The number of allylic oxidation sites excluding steroid dienone is 1. The monoisotopic (exact) mass is 254 g/mol. The zero-order valence-electron chi connectivity index (χ0n) is 12.2. The lowest BCUT2D eigenvalue weighted by atomic mass is 9.91. The van der Waals surface area contributed by atoms with Crippen molar-refractivity contribution >= 4 is 0 Å². The number of rotatable bonds is 6. The van der Waals surface area contributed by atoms with Crippen molar-refractivity contribution in [2.24, 2.45) is 17.8 Å². The first-order valence-corrected chi connectivity index (χ1v) is 7.53. The molecular formula is C16H27FO. The van der Waals surface area contributed by atoms with E-state index in [1.54, 1.807) is 0 Å². The van der Waals surface area contributed by atoms with Crippen molar-refractivity contribution in [3.8, 4) is 0 Å². The molecule has 18 heavy (non-hydrogen) atoms. The molecule has 0 heterocycles. The van der Waals surface area contributed by atoms with Gasteiger partial charge in [-0.3, -0.25) is 0 Å². The minimum Gasteiger partial charge on any atom is -0.368 e. The summed E-state index contributed by atoms with van der Waals surface area (Å²) in [6, 6.07) is 0. The van der Waals surface area contributed by atoms with Gasteiger partial charge in [0, 0.05) is 11.8 Å². The Hall–Kier alpha value is -0.370. The molecule has 2 rings (SSSR count). The van der Waals surface area contributed by atoms with Crippen molar-refractivity contribution < 1.29 is 9.13 Å².